The zero-order valence-corrected chi connectivity index (χ0v) is 19.2. The molecular weight excluding hydrogens is 400 g/mol. The topological polar surface area (TPSA) is 73.0 Å². The first kappa shape index (κ1) is 22.1. The number of anilines is 1. The molecule has 160 valence electrons. The fourth-order valence-electron chi connectivity index (χ4n) is 2.99. The molecule has 0 aliphatic heterocycles. The molecule has 0 unspecified atom stereocenters. The van der Waals surface area contributed by atoms with E-state index in [9.17, 15) is 4.79 Å². The summed E-state index contributed by atoms with van der Waals surface area (Å²) in [6, 6.07) is 9.38. The maximum absolute atomic E-state index is 12.6. The van der Waals surface area contributed by atoms with Gasteiger partial charge in [-0.3, -0.25) is 4.79 Å². The van der Waals surface area contributed by atoms with E-state index in [-0.39, 0.29) is 23.3 Å². The van der Waals surface area contributed by atoms with E-state index in [0.717, 1.165) is 11.3 Å². The van der Waals surface area contributed by atoms with E-state index >= 15 is 0 Å². The van der Waals surface area contributed by atoms with Crippen LogP contribution in [0.5, 0.6) is 0 Å². The normalized spacial score (nSPS) is 12.2. The van der Waals surface area contributed by atoms with E-state index in [1.165, 1.54) is 0 Å². The summed E-state index contributed by atoms with van der Waals surface area (Å²) in [5.74, 6) is 1.68. The second-order valence-corrected chi connectivity index (χ2v) is 9.80. The van der Waals surface area contributed by atoms with Gasteiger partial charge in [0.2, 0.25) is 5.91 Å². The Bertz CT molecular complexity index is 1040. The third-order valence-electron chi connectivity index (χ3n) is 4.64. The summed E-state index contributed by atoms with van der Waals surface area (Å²) >= 11 is 6.21. The second kappa shape index (κ2) is 8.26. The van der Waals surface area contributed by atoms with Gasteiger partial charge in [-0.05, 0) is 32.9 Å². The molecule has 0 aliphatic carbocycles. The Morgan fingerprint density at radius 1 is 1.17 bits per heavy atom. The Balaban J connectivity index is 1.68. The number of oxazole rings is 1. The van der Waals surface area contributed by atoms with Crippen LogP contribution in [-0.2, 0) is 22.2 Å². The van der Waals surface area contributed by atoms with Crippen LogP contribution in [0.3, 0.4) is 0 Å². The third kappa shape index (κ3) is 5.11. The van der Waals surface area contributed by atoms with Gasteiger partial charge in [0.05, 0.1) is 22.5 Å². The summed E-state index contributed by atoms with van der Waals surface area (Å²) in [5, 5.41) is 8.33. The zero-order chi connectivity index (χ0) is 22.1. The number of aryl methyl sites for hydroxylation is 1. The second-order valence-electron chi connectivity index (χ2n) is 9.39. The summed E-state index contributed by atoms with van der Waals surface area (Å²) in [6.07, 6.45) is 2.29. The number of carbonyl (C=O) groups is 1. The summed E-state index contributed by atoms with van der Waals surface area (Å²) in [7, 11) is 0. The Hall–Kier alpha value is -2.60. The minimum absolute atomic E-state index is 0.108. The molecule has 0 aliphatic rings. The lowest BCUT2D eigenvalue weighted by Gasteiger charge is -2.23. The van der Waals surface area contributed by atoms with Gasteiger partial charge in [-0.2, -0.15) is 5.10 Å². The van der Waals surface area contributed by atoms with Crippen LogP contribution in [0.2, 0.25) is 5.02 Å². The number of hydrogen-bond acceptors (Lipinski definition) is 4. The molecule has 3 rings (SSSR count). The highest BCUT2D eigenvalue weighted by molar-refractivity contribution is 6.33. The maximum atomic E-state index is 12.6. The van der Waals surface area contributed by atoms with Gasteiger partial charge in [0.1, 0.15) is 5.82 Å². The number of amides is 1. The molecule has 0 saturated carbocycles. The first-order valence-corrected chi connectivity index (χ1v) is 10.4. The highest BCUT2D eigenvalue weighted by atomic mass is 35.5. The number of carbonyl (C=O) groups excluding carboxylic acids is 1. The fraction of sp³-hybridized carbons (Fsp3) is 0.435. The third-order valence-corrected chi connectivity index (χ3v) is 4.97. The highest BCUT2D eigenvalue weighted by Crippen LogP contribution is 2.29. The predicted molar refractivity (Wildman–Crippen MR) is 120 cm³/mol. The first-order valence-electron chi connectivity index (χ1n) is 10.1. The predicted octanol–water partition coefficient (Wildman–Crippen LogP) is 5.82. The smallest absolute Gasteiger partial charge is 0.226 e. The van der Waals surface area contributed by atoms with Crippen molar-refractivity contribution in [2.75, 3.05) is 5.32 Å². The lowest BCUT2D eigenvalue weighted by atomic mass is 9.92. The van der Waals surface area contributed by atoms with Gasteiger partial charge in [0.15, 0.2) is 11.7 Å². The molecule has 7 heteroatoms. The van der Waals surface area contributed by atoms with Gasteiger partial charge in [0, 0.05) is 29.9 Å². The molecule has 0 saturated heterocycles. The molecule has 6 nitrogen and oxygen atoms in total. The van der Waals surface area contributed by atoms with Crippen molar-refractivity contribution < 1.29 is 9.21 Å². The summed E-state index contributed by atoms with van der Waals surface area (Å²) in [6.45, 7) is 12.5. The van der Waals surface area contributed by atoms with Gasteiger partial charge in [0.25, 0.3) is 0 Å². The van der Waals surface area contributed by atoms with Gasteiger partial charge < -0.3 is 9.73 Å². The summed E-state index contributed by atoms with van der Waals surface area (Å²) in [5.41, 5.74) is 1.36. The lowest BCUT2D eigenvalue weighted by molar-refractivity contribution is -0.116. The molecule has 2 heterocycles. The van der Waals surface area contributed by atoms with Crippen LogP contribution in [0.4, 0.5) is 5.82 Å². The highest BCUT2D eigenvalue weighted by Gasteiger charge is 2.25. The van der Waals surface area contributed by atoms with E-state index in [0.29, 0.717) is 28.9 Å². The number of hydrogen-bond donors (Lipinski definition) is 1. The van der Waals surface area contributed by atoms with Crippen molar-refractivity contribution in [3.63, 3.8) is 0 Å². The molecule has 1 aromatic carbocycles. The van der Waals surface area contributed by atoms with Crippen molar-refractivity contribution in [3.8, 4) is 11.3 Å². The molecule has 0 fully saturated rings. The molecule has 0 bridgehead atoms. The van der Waals surface area contributed by atoms with Crippen molar-refractivity contribution in [2.24, 2.45) is 0 Å². The molecule has 0 spiro atoms. The average Bonchev–Trinajstić information content (AvgIpc) is 3.27. The van der Waals surface area contributed by atoms with E-state index < -0.39 is 0 Å². The minimum Gasteiger partial charge on any atom is -0.441 e. The van der Waals surface area contributed by atoms with E-state index in [1.807, 2.05) is 28.9 Å². The summed E-state index contributed by atoms with van der Waals surface area (Å²) < 4.78 is 7.65. The monoisotopic (exact) mass is 428 g/mol. The van der Waals surface area contributed by atoms with Crippen LogP contribution in [0.25, 0.3) is 11.3 Å². The van der Waals surface area contributed by atoms with Crippen LogP contribution in [0, 0.1) is 0 Å². The van der Waals surface area contributed by atoms with Gasteiger partial charge in [-0.15, -0.1) is 0 Å². The standard InChI is InChI=1S/C23H29ClN4O2/c1-22(2,3)18-13-19(28(27-18)23(4,5)6)26-20(29)11-12-21-25-14-17(30-21)15-9-7-8-10-16(15)24/h7-10,13-14H,11-12H2,1-6H3,(H,26,29). The molecule has 30 heavy (non-hydrogen) atoms. The van der Waals surface area contributed by atoms with Crippen LogP contribution in [0.15, 0.2) is 40.9 Å². The van der Waals surface area contributed by atoms with Gasteiger partial charge >= 0.3 is 0 Å². The number of halogens is 1. The Morgan fingerprint density at radius 3 is 2.50 bits per heavy atom. The largest absolute Gasteiger partial charge is 0.441 e. The van der Waals surface area contributed by atoms with E-state index in [4.69, 9.17) is 21.1 Å². The fourth-order valence-corrected chi connectivity index (χ4v) is 3.21. The van der Waals surface area contributed by atoms with Crippen molar-refractivity contribution >= 4 is 23.3 Å². The maximum Gasteiger partial charge on any atom is 0.226 e. The Kier molecular flexibility index (Phi) is 6.09. The van der Waals surface area contributed by atoms with Gasteiger partial charge in [-0.25, -0.2) is 9.67 Å². The SMILES string of the molecule is CC(C)(C)c1cc(NC(=O)CCc2ncc(-c3ccccc3Cl)o2)n(C(C)(C)C)n1. The summed E-state index contributed by atoms with van der Waals surface area (Å²) in [4.78, 5) is 16.9. The lowest BCUT2D eigenvalue weighted by Crippen LogP contribution is -2.27. The van der Waals surface area contributed by atoms with Crippen LogP contribution < -0.4 is 5.32 Å². The van der Waals surface area contributed by atoms with Crippen molar-refractivity contribution in [3.05, 3.63) is 53.1 Å². The van der Waals surface area contributed by atoms with Crippen LogP contribution >= 0.6 is 11.6 Å². The Morgan fingerprint density at radius 2 is 1.87 bits per heavy atom. The van der Waals surface area contributed by atoms with Crippen molar-refractivity contribution in [1.82, 2.24) is 14.8 Å². The molecular formula is C23H29ClN4O2. The number of rotatable bonds is 5. The Labute approximate surface area is 182 Å². The molecule has 0 radical (unpaired) electrons. The number of nitrogens with zero attached hydrogens (tertiary/aromatic N) is 3. The van der Waals surface area contributed by atoms with Gasteiger partial charge in [-0.1, -0.05) is 44.5 Å². The molecule has 0 atom stereocenters. The molecule has 3 aromatic rings. The van der Waals surface area contributed by atoms with Crippen LogP contribution in [0.1, 0.15) is 59.5 Å². The molecule has 1 N–H and O–H groups in total. The molecule has 1 amide bonds. The number of aromatic nitrogens is 3. The van der Waals surface area contributed by atoms with E-state index in [2.05, 4.69) is 51.8 Å². The average molecular weight is 429 g/mol. The van der Waals surface area contributed by atoms with E-state index in [1.54, 1.807) is 12.3 Å². The zero-order valence-electron chi connectivity index (χ0n) is 18.4. The van der Waals surface area contributed by atoms with Crippen molar-refractivity contribution in [1.29, 1.82) is 0 Å². The van der Waals surface area contributed by atoms with Crippen LogP contribution in [-0.4, -0.2) is 20.7 Å². The first-order chi connectivity index (χ1) is 13.9. The number of nitrogens with one attached hydrogen (secondary N) is 1. The molecule has 2 aromatic heterocycles. The minimum atomic E-state index is -0.251. The van der Waals surface area contributed by atoms with Crippen molar-refractivity contribution in [2.45, 2.75) is 65.3 Å². The quantitative estimate of drug-likeness (QED) is 0.556. The number of benzene rings is 1.